The summed E-state index contributed by atoms with van der Waals surface area (Å²) in [6.07, 6.45) is 6.09. The number of anilines is 1. The largest absolute Gasteiger partial charge is 0.494 e. The lowest BCUT2D eigenvalue weighted by Crippen LogP contribution is -2.45. The number of thiazole rings is 1. The van der Waals surface area contributed by atoms with Crippen LogP contribution in [0, 0.1) is 11.7 Å². The number of benzene rings is 1. The summed E-state index contributed by atoms with van der Waals surface area (Å²) in [5.41, 5.74) is 0.795. The monoisotopic (exact) mass is 509 g/mol. The Hall–Kier alpha value is -2.33. The Morgan fingerprint density at radius 2 is 2.03 bits per heavy atom. The van der Waals surface area contributed by atoms with Crippen LogP contribution in [0.2, 0.25) is 0 Å². The Kier molecular flexibility index (Phi) is 8.81. The summed E-state index contributed by atoms with van der Waals surface area (Å²) in [5, 5.41) is 12.7. The highest BCUT2D eigenvalue weighted by Crippen LogP contribution is 2.37. The molecule has 186 valence electrons. The predicted octanol–water partition coefficient (Wildman–Crippen LogP) is 5.90. The Morgan fingerprint density at radius 1 is 1.32 bits per heavy atom. The van der Waals surface area contributed by atoms with E-state index < -0.39 is 16.5 Å². The molecule has 10 heteroatoms. The van der Waals surface area contributed by atoms with Crippen molar-refractivity contribution < 1.29 is 23.8 Å². The van der Waals surface area contributed by atoms with E-state index in [1.807, 2.05) is 11.0 Å². The van der Waals surface area contributed by atoms with Crippen LogP contribution in [0.3, 0.4) is 0 Å². The minimum atomic E-state index is -0.994. The quantitative estimate of drug-likeness (QED) is 0.409. The van der Waals surface area contributed by atoms with E-state index in [0.717, 1.165) is 35.5 Å². The molecule has 34 heavy (non-hydrogen) atoms. The number of halogens is 1. The summed E-state index contributed by atoms with van der Waals surface area (Å²) in [4.78, 5) is 30.8. The molecule has 0 atom stereocenters. The molecular formula is C24H32FN3O4S2. The van der Waals surface area contributed by atoms with Crippen molar-refractivity contribution in [1.82, 2.24) is 9.88 Å². The molecule has 0 radical (unpaired) electrons. The highest BCUT2D eigenvalue weighted by molar-refractivity contribution is 8.03. The smallest absolute Gasteiger partial charge is 0.323 e. The fraction of sp³-hybridized carbons (Fsp3) is 0.542. The lowest BCUT2D eigenvalue weighted by atomic mass is 9.86. The SMILES string of the molecule is COc1ccc(CCN(C(=O)Nc2ncc(SC(C)(C)C(=O)O)s2)[C@H]2CC[C@H](C)CC2)cc1F. The molecule has 1 heterocycles. The first-order valence-electron chi connectivity index (χ1n) is 11.4. The molecule has 0 spiro atoms. The van der Waals surface area contributed by atoms with Gasteiger partial charge in [-0.1, -0.05) is 36.1 Å². The summed E-state index contributed by atoms with van der Waals surface area (Å²) in [6, 6.07) is 4.74. The van der Waals surface area contributed by atoms with Crippen LogP contribution in [0.25, 0.3) is 0 Å². The Labute approximate surface area is 208 Å². The van der Waals surface area contributed by atoms with Crippen molar-refractivity contribution in [1.29, 1.82) is 0 Å². The number of hydrogen-bond acceptors (Lipinski definition) is 6. The van der Waals surface area contributed by atoms with E-state index in [9.17, 15) is 19.1 Å². The van der Waals surface area contributed by atoms with Crippen LogP contribution in [0.4, 0.5) is 14.3 Å². The topological polar surface area (TPSA) is 91.8 Å². The normalized spacial score (nSPS) is 18.4. The zero-order chi connectivity index (χ0) is 24.9. The van der Waals surface area contributed by atoms with Gasteiger partial charge in [0.25, 0.3) is 0 Å². The molecule has 0 unspecified atom stereocenters. The molecule has 0 bridgehead atoms. The van der Waals surface area contributed by atoms with Crippen molar-refractivity contribution >= 4 is 40.2 Å². The third-order valence-corrected chi connectivity index (χ3v) is 8.31. The van der Waals surface area contributed by atoms with Gasteiger partial charge in [0.15, 0.2) is 16.7 Å². The molecule has 1 aromatic carbocycles. The van der Waals surface area contributed by atoms with Crippen LogP contribution in [0.1, 0.15) is 52.0 Å². The molecular weight excluding hydrogens is 477 g/mol. The highest BCUT2D eigenvalue weighted by atomic mass is 32.2. The lowest BCUT2D eigenvalue weighted by Gasteiger charge is -2.36. The Morgan fingerprint density at radius 3 is 2.65 bits per heavy atom. The maximum atomic E-state index is 14.1. The number of carbonyl (C=O) groups excluding carboxylic acids is 1. The second-order valence-electron chi connectivity index (χ2n) is 9.16. The average Bonchev–Trinajstić information content (AvgIpc) is 3.21. The van der Waals surface area contributed by atoms with Gasteiger partial charge in [-0.05, 0) is 69.6 Å². The van der Waals surface area contributed by atoms with Gasteiger partial charge in [-0.15, -0.1) is 0 Å². The molecule has 0 aliphatic heterocycles. The molecule has 7 nitrogen and oxygen atoms in total. The second kappa shape index (κ2) is 11.4. The van der Waals surface area contributed by atoms with E-state index in [1.54, 1.807) is 26.1 Å². The van der Waals surface area contributed by atoms with Crippen LogP contribution < -0.4 is 10.1 Å². The van der Waals surface area contributed by atoms with Crippen LogP contribution in [-0.4, -0.2) is 51.4 Å². The number of ether oxygens (including phenoxy) is 1. The van der Waals surface area contributed by atoms with E-state index in [1.165, 1.54) is 36.3 Å². The predicted molar refractivity (Wildman–Crippen MR) is 133 cm³/mol. The van der Waals surface area contributed by atoms with Crippen molar-refractivity contribution in [3.05, 3.63) is 35.8 Å². The van der Waals surface area contributed by atoms with Crippen LogP contribution in [0.15, 0.2) is 28.6 Å². The van der Waals surface area contributed by atoms with E-state index in [4.69, 9.17) is 4.74 Å². The van der Waals surface area contributed by atoms with Crippen molar-refractivity contribution in [3.8, 4) is 5.75 Å². The minimum absolute atomic E-state index is 0.110. The molecule has 1 aliphatic carbocycles. The number of amides is 2. The fourth-order valence-corrected chi connectivity index (χ4v) is 6.21. The van der Waals surface area contributed by atoms with Gasteiger partial charge in [0, 0.05) is 12.6 Å². The minimum Gasteiger partial charge on any atom is -0.494 e. The summed E-state index contributed by atoms with van der Waals surface area (Å²) in [5.74, 6) is -0.486. The van der Waals surface area contributed by atoms with Gasteiger partial charge in [0.1, 0.15) is 4.75 Å². The number of methoxy groups -OCH3 is 1. The van der Waals surface area contributed by atoms with Crippen molar-refractivity contribution in [2.75, 3.05) is 19.0 Å². The number of carboxylic acid groups (broad SMARTS) is 1. The van der Waals surface area contributed by atoms with E-state index >= 15 is 0 Å². The number of urea groups is 1. The van der Waals surface area contributed by atoms with Gasteiger partial charge in [0.2, 0.25) is 0 Å². The number of carbonyl (C=O) groups is 2. The van der Waals surface area contributed by atoms with E-state index in [2.05, 4.69) is 17.2 Å². The molecule has 1 aromatic heterocycles. The number of nitrogens with one attached hydrogen (secondary N) is 1. The first kappa shape index (κ1) is 26.3. The van der Waals surface area contributed by atoms with Crippen LogP contribution >= 0.6 is 23.1 Å². The van der Waals surface area contributed by atoms with Gasteiger partial charge in [-0.25, -0.2) is 14.2 Å². The third-order valence-electron chi connectivity index (χ3n) is 6.11. The second-order valence-corrected chi connectivity index (χ2v) is 12.1. The third kappa shape index (κ3) is 6.85. The van der Waals surface area contributed by atoms with Crippen LogP contribution in [-0.2, 0) is 11.2 Å². The molecule has 2 N–H and O–H groups in total. The number of hydrogen-bond donors (Lipinski definition) is 2. The summed E-state index contributed by atoms with van der Waals surface area (Å²) >= 11 is 2.45. The van der Waals surface area contributed by atoms with Crippen LogP contribution in [0.5, 0.6) is 5.75 Å². The maximum Gasteiger partial charge on any atom is 0.323 e. The van der Waals surface area contributed by atoms with Gasteiger partial charge in [-0.3, -0.25) is 10.1 Å². The maximum absolute atomic E-state index is 14.1. The van der Waals surface area contributed by atoms with Crippen molar-refractivity contribution in [2.45, 2.75) is 67.9 Å². The zero-order valence-corrected chi connectivity index (χ0v) is 21.6. The van der Waals surface area contributed by atoms with E-state index in [0.29, 0.717) is 24.0 Å². The lowest BCUT2D eigenvalue weighted by molar-refractivity contribution is -0.138. The molecule has 3 rings (SSSR count). The number of aliphatic carboxylic acids is 1. The molecule has 1 fully saturated rings. The standard InChI is InChI=1S/C24H32FN3O4S2/c1-15-5-8-17(9-6-15)28(12-11-16-7-10-19(32-4)18(25)13-16)23(31)27-22-26-14-20(33-22)34-24(2,3)21(29)30/h7,10,13-15,17H,5-6,8-9,11-12H2,1-4H3,(H,29,30)(H,26,27,31)/t15-,17-. The molecule has 2 aromatic rings. The van der Waals surface area contributed by atoms with Crippen molar-refractivity contribution in [2.24, 2.45) is 5.92 Å². The average molecular weight is 510 g/mol. The zero-order valence-electron chi connectivity index (χ0n) is 20.0. The number of nitrogens with zero attached hydrogens (tertiary/aromatic N) is 2. The number of rotatable bonds is 9. The van der Waals surface area contributed by atoms with E-state index in [-0.39, 0.29) is 17.8 Å². The Bertz CT molecular complexity index is 1010. The first-order valence-corrected chi connectivity index (χ1v) is 13.0. The molecule has 1 saturated carbocycles. The fourth-order valence-electron chi connectivity index (χ4n) is 3.94. The number of thioether (sulfide) groups is 1. The van der Waals surface area contributed by atoms with Crippen molar-refractivity contribution in [3.63, 3.8) is 0 Å². The molecule has 1 aliphatic rings. The number of carboxylic acids is 1. The van der Waals surface area contributed by atoms with Gasteiger partial charge in [-0.2, -0.15) is 0 Å². The Balaban J connectivity index is 1.70. The highest BCUT2D eigenvalue weighted by Gasteiger charge is 2.30. The summed E-state index contributed by atoms with van der Waals surface area (Å²) in [7, 11) is 1.43. The molecule has 0 saturated heterocycles. The van der Waals surface area contributed by atoms with Gasteiger partial charge >= 0.3 is 12.0 Å². The van der Waals surface area contributed by atoms with Gasteiger partial charge < -0.3 is 14.7 Å². The summed E-state index contributed by atoms with van der Waals surface area (Å²) < 4.78 is 18.8. The van der Waals surface area contributed by atoms with Gasteiger partial charge in [0.05, 0.1) is 17.5 Å². The first-order chi connectivity index (χ1) is 16.1. The molecule has 2 amide bonds. The summed E-state index contributed by atoms with van der Waals surface area (Å²) in [6.45, 7) is 5.95. The number of aromatic nitrogens is 1.